The first-order valence-electron chi connectivity index (χ1n) is 10.8. The highest BCUT2D eigenvalue weighted by molar-refractivity contribution is 9.10. The largest absolute Gasteiger partial charge is 0.507 e. The molecule has 0 radical (unpaired) electrons. The lowest BCUT2D eigenvalue weighted by Crippen LogP contribution is -2.29. The van der Waals surface area contributed by atoms with Crippen molar-refractivity contribution in [3.63, 3.8) is 0 Å². The molecule has 1 aliphatic rings. The zero-order chi connectivity index (χ0) is 25.3. The number of hydrogen-bond donors (Lipinski definition) is 2. The molecule has 0 aliphatic carbocycles. The second-order valence-electron chi connectivity index (χ2n) is 8.40. The van der Waals surface area contributed by atoms with Crippen molar-refractivity contribution in [2.45, 2.75) is 12.5 Å². The van der Waals surface area contributed by atoms with Crippen molar-refractivity contribution < 1.29 is 24.6 Å². The summed E-state index contributed by atoms with van der Waals surface area (Å²) in [6.45, 7) is 0. The van der Waals surface area contributed by atoms with Crippen molar-refractivity contribution in [2.24, 2.45) is 0 Å². The number of ketones is 1. The number of carboxylic acids is 1. The fraction of sp³-hybridized carbons (Fsp3) is 0.148. The van der Waals surface area contributed by atoms with Crippen LogP contribution in [0.3, 0.4) is 0 Å². The van der Waals surface area contributed by atoms with Crippen LogP contribution >= 0.6 is 15.9 Å². The molecule has 1 saturated heterocycles. The third-order valence-corrected chi connectivity index (χ3v) is 6.39. The number of aliphatic hydroxyl groups excluding tert-OH is 1. The van der Waals surface area contributed by atoms with E-state index >= 15 is 0 Å². The van der Waals surface area contributed by atoms with Crippen molar-refractivity contribution in [3.8, 4) is 0 Å². The van der Waals surface area contributed by atoms with E-state index < -0.39 is 23.7 Å². The zero-order valence-electron chi connectivity index (χ0n) is 19.1. The Morgan fingerprint density at radius 3 is 2.06 bits per heavy atom. The molecule has 0 aromatic heterocycles. The molecular weight excluding hydrogens is 512 g/mol. The summed E-state index contributed by atoms with van der Waals surface area (Å²) in [5.74, 6) is -2.78. The van der Waals surface area contributed by atoms with Crippen LogP contribution in [0.25, 0.3) is 5.76 Å². The smallest absolute Gasteiger partial charge is 0.307 e. The number of carbonyl (C=O) groups is 3. The molecule has 178 valence electrons. The maximum Gasteiger partial charge on any atom is 0.307 e. The van der Waals surface area contributed by atoms with Gasteiger partial charge in [-0.15, -0.1) is 0 Å². The molecule has 35 heavy (non-hydrogen) atoms. The molecule has 1 heterocycles. The molecule has 1 atom stereocenters. The van der Waals surface area contributed by atoms with Crippen molar-refractivity contribution in [1.29, 1.82) is 0 Å². The van der Waals surface area contributed by atoms with Crippen molar-refractivity contribution >= 4 is 50.7 Å². The minimum atomic E-state index is -0.964. The lowest BCUT2D eigenvalue weighted by Gasteiger charge is -2.26. The standard InChI is InChI=1S/C27H23BrN2O5/c1-29(2)20-13-7-17(8-14-20)24-23(25(33)18-5-9-19(28)10-6-18)26(34)27(35)30(24)21-11-3-16(4-12-21)15-22(31)32/h3-14,24,33H,15H2,1-2H3,(H,31,32)/b25-23-. The monoisotopic (exact) mass is 534 g/mol. The van der Waals surface area contributed by atoms with Crippen LogP contribution in [0.4, 0.5) is 11.4 Å². The molecule has 0 saturated carbocycles. The number of nitrogens with zero attached hydrogens (tertiary/aromatic N) is 2. The Balaban J connectivity index is 1.87. The lowest BCUT2D eigenvalue weighted by molar-refractivity contribution is -0.136. The average molecular weight is 535 g/mol. The highest BCUT2D eigenvalue weighted by atomic mass is 79.9. The van der Waals surface area contributed by atoms with Gasteiger partial charge in [0.05, 0.1) is 18.0 Å². The van der Waals surface area contributed by atoms with Gasteiger partial charge in [0, 0.05) is 35.5 Å². The summed E-state index contributed by atoms with van der Waals surface area (Å²) in [4.78, 5) is 40.8. The van der Waals surface area contributed by atoms with E-state index in [0.717, 1.165) is 10.2 Å². The van der Waals surface area contributed by atoms with E-state index in [1.165, 1.54) is 4.90 Å². The normalized spacial score (nSPS) is 17.0. The summed E-state index contributed by atoms with van der Waals surface area (Å²) in [5.41, 5.74) is 3.00. The zero-order valence-corrected chi connectivity index (χ0v) is 20.7. The Hall–Kier alpha value is -3.91. The number of amides is 1. The molecule has 2 N–H and O–H groups in total. The first-order valence-corrected chi connectivity index (χ1v) is 11.6. The molecule has 1 unspecified atom stereocenters. The summed E-state index contributed by atoms with van der Waals surface area (Å²) in [6, 6.07) is 19.8. The van der Waals surface area contributed by atoms with E-state index in [9.17, 15) is 19.5 Å². The van der Waals surface area contributed by atoms with E-state index in [0.29, 0.717) is 22.4 Å². The number of aliphatic carboxylic acids is 1. The number of carbonyl (C=O) groups excluding carboxylic acids is 2. The van der Waals surface area contributed by atoms with E-state index in [1.54, 1.807) is 48.5 Å². The number of hydrogen-bond acceptors (Lipinski definition) is 5. The Morgan fingerprint density at radius 1 is 0.914 bits per heavy atom. The number of anilines is 2. The number of halogens is 1. The number of benzene rings is 3. The van der Waals surface area contributed by atoms with Crippen molar-refractivity contribution in [1.82, 2.24) is 0 Å². The number of carboxylic acid groups (broad SMARTS) is 1. The van der Waals surface area contributed by atoms with Crippen LogP contribution < -0.4 is 9.80 Å². The van der Waals surface area contributed by atoms with Crippen LogP contribution in [0.1, 0.15) is 22.7 Å². The Morgan fingerprint density at radius 2 is 1.51 bits per heavy atom. The molecule has 3 aromatic rings. The van der Waals surface area contributed by atoms with Crippen LogP contribution in [-0.2, 0) is 20.8 Å². The molecular formula is C27H23BrN2O5. The van der Waals surface area contributed by atoms with E-state index in [1.807, 2.05) is 43.3 Å². The second kappa shape index (κ2) is 9.76. The molecule has 4 rings (SSSR count). The maximum atomic E-state index is 13.2. The number of Topliss-reactive ketones (excluding diaryl/α,β-unsaturated/α-hetero) is 1. The maximum absolute atomic E-state index is 13.2. The number of rotatable bonds is 6. The Labute approximate surface area is 211 Å². The summed E-state index contributed by atoms with van der Waals surface area (Å²) >= 11 is 3.36. The average Bonchev–Trinajstić information content (AvgIpc) is 3.10. The first kappa shape index (κ1) is 24.2. The minimum absolute atomic E-state index is 0.00969. The van der Waals surface area contributed by atoms with Crippen LogP contribution in [-0.4, -0.2) is 42.0 Å². The quantitative estimate of drug-likeness (QED) is 0.268. The highest BCUT2D eigenvalue weighted by Gasteiger charge is 2.47. The molecule has 0 spiro atoms. The number of aliphatic hydroxyl groups is 1. The van der Waals surface area contributed by atoms with Gasteiger partial charge in [-0.3, -0.25) is 19.3 Å². The third-order valence-electron chi connectivity index (χ3n) is 5.86. The van der Waals surface area contributed by atoms with E-state index in [4.69, 9.17) is 5.11 Å². The fourth-order valence-corrected chi connectivity index (χ4v) is 4.35. The van der Waals surface area contributed by atoms with Crippen LogP contribution in [0, 0.1) is 0 Å². The SMILES string of the molecule is CN(C)c1ccc(C2/C(=C(/O)c3ccc(Br)cc3)C(=O)C(=O)N2c2ccc(CC(=O)O)cc2)cc1. The summed E-state index contributed by atoms with van der Waals surface area (Å²) in [6.07, 6.45) is -0.155. The third kappa shape index (κ3) is 4.83. The van der Waals surface area contributed by atoms with Crippen LogP contribution in [0.2, 0.25) is 0 Å². The Bertz CT molecular complexity index is 1310. The lowest BCUT2D eigenvalue weighted by atomic mass is 9.95. The van der Waals surface area contributed by atoms with Gasteiger partial charge in [0.25, 0.3) is 11.7 Å². The fourth-order valence-electron chi connectivity index (χ4n) is 4.08. The van der Waals surface area contributed by atoms with E-state index in [2.05, 4.69) is 15.9 Å². The van der Waals surface area contributed by atoms with Gasteiger partial charge in [0.15, 0.2) is 0 Å². The minimum Gasteiger partial charge on any atom is -0.507 e. The summed E-state index contributed by atoms with van der Waals surface area (Å²) in [7, 11) is 3.82. The molecule has 1 aliphatic heterocycles. The van der Waals surface area contributed by atoms with Gasteiger partial charge >= 0.3 is 5.97 Å². The second-order valence-corrected chi connectivity index (χ2v) is 9.31. The van der Waals surface area contributed by atoms with Gasteiger partial charge in [0.2, 0.25) is 0 Å². The van der Waals surface area contributed by atoms with Crippen molar-refractivity contribution in [2.75, 3.05) is 23.9 Å². The van der Waals surface area contributed by atoms with Gasteiger partial charge in [0.1, 0.15) is 5.76 Å². The predicted octanol–water partition coefficient (Wildman–Crippen LogP) is 4.77. The van der Waals surface area contributed by atoms with Crippen LogP contribution in [0.5, 0.6) is 0 Å². The van der Waals surface area contributed by atoms with E-state index in [-0.39, 0.29) is 17.8 Å². The van der Waals surface area contributed by atoms with Crippen molar-refractivity contribution in [3.05, 3.63) is 99.5 Å². The molecule has 1 amide bonds. The summed E-state index contributed by atoms with van der Waals surface area (Å²) in [5, 5.41) is 20.2. The van der Waals surface area contributed by atoms with Gasteiger partial charge in [-0.25, -0.2) is 0 Å². The van der Waals surface area contributed by atoms with Gasteiger partial charge in [-0.05, 0) is 47.5 Å². The summed E-state index contributed by atoms with van der Waals surface area (Å²) < 4.78 is 0.812. The molecule has 8 heteroatoms. The van der Waals surface area contributed by atoms with Gasteiger partial charge < -0.3 is 15.1 Å². The van der Waals surface area contributed by atoms with Gasteiger partial charge in [-0.1, -0.05) is 52.3 Å². The topological polar surface area (TPSA) is 98.2 Å². The molecule has 3 aromatic carbocycles. The Kier molecular flexibility index (Phi) is 6.75. The predicted molar refractivity (Wildman–Crippen MR) is 137 cm³/mol. The van der Waals surface area contributed by atoms with Gasteiger partial charge in [-0.2, -0.15) is 0 Å². The van der Waals surface area contributed by atoms with Crippen LogP contribution in [0.15, 0.2) is 82.8 Å². The highest BCUT2D eigenvalue weighted by Crippen LogP contribution is 2.42. The molecule has 7 nitrogen and oxygen atoms in total. The molecule has 1 fully saturated rings. The first-order chi connectivity index (χ1) is 16.7. The molecule has 0 bridgehead atoms.